The summed E-state index contributed by atoms with van der Waals surface area (Å²) in [6.07, 6.45) is 7.07. The zero-order valence-corrected chi connectivity index (χ0v) is 12.4. The van der Waals surface area contributed by atoms with Crippen molar-refractivity contribution >= 4 is 5.91 Å². The zero-order valence-electron chi connectivity index (χ0n) is 12.4. The van der Waals surface area contributed by atoms with Crippen LogP contribution < -0.4 is 0 Å². The molecule has 0 spiro atoms. The largest absolute Gasteiger partial charge is 0.339 e. The molecule has 116 valence electrons. The van der Waals surface area contributed by atoms with Gasteiger partial charge >= 0.3 is 0 Å². The molecule has 0 bridgehead atoms. The number of hydrogen-bond acceptors (Lipinski definition) is 6. The third kappa shape index (κ3) is 2.28. The third-order valence-corrected chi connectivity index (χ3v) is 4.41. The molecule has 0 aromatic carbocycles. The quantitative estimate of drug-likeness (QED) is 0.849. The Balaban J connectivity index is 1.53. The van der Waals surface area contributed by atoms with Crippen molar-refractivity contribution in [3.05, 3.63) is 24.4 Å². The second-order valence-electron chi connectivity index (χ2n) is 6.01. The van der Waals surface area contributed by atoms with Crippen molar-refractivity contribution in [3.8, 4) is 0 Å². The highest BCUT2D eigenvalue weighted by Gasteiger charge is 2.37. The Morgan fingerprint density at radius 1 is 1.41 bits per heavy atom. The molecule has 2 aromatic rings. The highest BCUT2D eigenvalue weighted by atomic mass is 16.5. The molecular formula is C14H18N6O2. The average molecular weight is 302 g/mol. The van der Waals surface area contributed by atoms with Crippen LogP contribution in [0.1, 0.15) is 62.3 Å². The summed E-state index contributed by atoms with van der Waals surface area (Å²) in [5.41, 5.74) is 0. The van der Waals surface area contributed by atoms with Crippen molar-refractivity contribution in [2.45, 2.75) is 50.6 Å². The minimum absolute atomic E-state index is 0.0192. The van der Waals surface area contributed by atoms with Gasteiger partial charge in [-0.15, -0.1) is 0 Å². The van der Waals surface area contributed by atoms with E-state index >= 15 is 0 Å². The van der Waals surface area contributed by atoms with E-state index in [9.17, 15) is 4.79 Å². The first-order valence-electron chi connectivity index (χ1n) is 7.72. The van der Waals surface area contributed by atoms with Gasteiger partial charge in [0.15, 0.2) is 5.82 Å². The number of carbonyl (C=O) groups excluding carboxylic acids is 1. The molecule has 4 rings (SSSR count). The highest BCUT2D eigenvalue weighted by molar-refractivity contribution is 5.80. The first kappa shape index (κ1) is 13.4. The Morgan fingerprint density at radius 3 is 3.00 bits per heavy atom. The molecule has 0 unspecified atom stereocenters. The Bertz CT molecular complexity index is 663. The summed E-state index contributed by atoms with van der Waals surface area (Å²) < 4.78 is 6.91. The SMILES string of the molecule is C[C@@H](C(=O)N1CCC[C@@H]1c1noc(C2CC2)n1)n1cncn1. The number of rotatable bonds is 4. The molecule has 1 aliphatic heterocycles. The van der Waals surface area contributed by atoms with Gasteiger partial charge in [-0.2, -0.15) is 10.1 Å². The van der Waals surface area contributed by atoms with E-state index in [2.05, 4.69) is 20.2 Å². The van der Waals surface area contributed by atoms with Crippen molar-refractivity contribution < 1.29 is 9.32 Å². The second kappa shape index (κ2) is 5.19. The second-order valence-corrected chi connectivity index (χ2v) is 6.01. The molecule has 8 nitrogen and oxygen atoms in total. The van der Waals surface area contributed by atoms with Gasteiger partial charge in [-0.25, -0.2) is 9.67 Å². The summed E-state index contributed by atoms with van der Waals surface area (Å²) in [6, 6.07) is -0.465. The average Bonchev–Trinajstić information content (AvgIpc) is 3.02. The van der Waals surface area contributed by atoms with E-state index in [0.717, 1.165) is 38.1 Å². The lowest BCUT2D eigenvalue weighted by Gasteiger charge is -2.25. The first-order chi connectivity index (χ1) is 10.7. The van der Waals surface area contributed by atoms with Gasteiger partial charge in [0.05, 0.1) is 6.04 Å². The van der Waals surface area contributed by atoms with Crippen LogP contribution in [0.25, 0.3) is 0 Å². The van der Waals surface area contributed by atoms with E-state index in [1.54, 1.807) is 11.0 Å². The van der Waals surface area contributed by atoms with Gasteiger partial charge in [0.25, 0.3) is 0 Å². The maximum atomic E-state index is 12.7. The molecule has 1 aliphatic carbocycles. The van der Waals surface area contributed by atoms with Crippen LogP contribution in [-0.2, 0) is 4.79 Å². The maximum Gasteiger partial charge on any atom is 0.247 e. The van der Waals surface area contributed by atoms with E-state index in [0.29, 0.717) is 11.7 Å². The van der Waals surface area contributed by atoms with Crippen molar-refractivity contribution in [2.75, 3.05) is 6.54 Å². The van der Waals surface area contributed by atoms with Gasteiger partial charge in [0.1, 0.15) is 18.7 Å². The van der Waals surface area contributed by atoms with Crippen molar-refractivity contribution in [1.29, 1.82) is 0 Å². The van der Waals surface area contributed by atoms with E-state index < -0.39 is 0 Å². The van der Waals surface area contributed by atoms with Gasteiger partial charge in [0, 0.05) is 12.5 Å². The molecule has 3 heterocycles. The van der Waals surface area contributed by atoms with Gasteiger partial charge in [-0.3, -0.25) is 4.79 Å². The lowest BCUT2D eigenvalue weighted by molar-refractivity contribution is -0.135. The first-order valence-corrected chi connectivity index (χ1v) is 7.72. The van der Waals surface area contributed by atoms with Crippen molar-refractivity contribution in [3.63, 3.8) is 0 Å². The van der Waals surface area contributed by atoms with E-state index in [4.69, 9.17) is 4.52 Å². The fourth-order valence-corrected chi connectivity index (χ4v) is 2.95. The summed E-state index contributed by atoms with van der Waals surface area (Å²) in [5, 5.41) is 8.15. The van der Waals surface area contributed by atoms with E-state index in [-0.39, 0.29) is 18.0 Å². The lowest BCUT2D eigenvalue weighted by Crippen LogP contribution is -2.36. The van der Waals surface area contributed by atoms with E-state index in [1.165, 1.54) is 6.33 Å². The van der Waals surface area contributed by atoms with Gasteiger partial charge in [-0.05, 0) is 32.6 Å². The van der Waals surface area contributed by atoms with Crippen LogP contribution in [0, 0.1) is 0 Å². The number of aromatic nitrogens is 5. The number of nitrogens with zero attached hydrogens (tertiary/aromatic N) is 6. The Labute approximate surface area is 127 Å². The smallest absolute Gasteiger partial charge is 0.247 e. The molecule has 1 saturated carbocycles. The van der Waals surface area contributed by atoms with Crippen LogP contribution in [0.5, 0.6) is 0 Å². The fraction of sp³-hybridized carbons (Fsp3) is 0.643. The number of amides is 1. The molecule has 0 N–H and O–H groups in total. The van der Waals surface area contributed by atoms with Gasteiger partial charge in [0.2, 0.25) is 11.8 Å². The zero-order chi connectivity index (χ0) is 15.1. The summed E-state index contributed by atoms with van der Waals surface area (Å²) in [4.78, 5) is 23.0. The lowest BCUT2D eigenvalue weighted by atomic mass is 10.2. The maximum absolute atomic E-state index is 12.7. The molecule has 2 atom stereocenters. The Kier molecular flexibility index (Phi) is 3.16. The monoisotopic (exact) mass is 302 g/mol. The fourth-order valence-electron chi connectivity index (χ4n) is 2.95. The molecule has 1 amide bonds. The summed E-state index contributed by atoms with van der Waals surface area (Å²) >= 11 is 0. The molecule has 2 aliphatic rings. The standard InChI is InChI=1S/C14H18N6O2/c1-9(20-8-15-7-16-20)14(21)19-6-2-3-11(19)12-17-13(22-18-12)10-4-5-10/h7-11H,2-6H2,1H3/t9-,11+/m0/s1. The van der Waals surface area contributed by atoms with Crippen LogP contribution >= 0.6 is 0 Å². The number of hydrogen-bond donors (Lipinski definition) is 0. The predicted molar refractivity (Wildman–Crippen MR) is 74.7 cm³/mol. The highest BCUT2D eigenvalue weighted by Crippen LogP contribution is 2.40. The van der Waals surface area contributed by atoms with E-state index in [1.807, 2.05) is 11.8 Å². The molecular weight excluding hydrogens is 284 g/mol. The molecule has 22 heavy (non-hydrogen) atoms. The predicted octanol–water partition coefficient (Wildman–Crippen LogP) is 1.46. The van der Waals surface area contributed by atoms with Crippen molar-refractivity contribution in [1.82, 2.24) is 29.8 Å². The van der Waals surface area contributed by atoms with Crippen LogP contribution in [-0.4, -0.2) is 42.3 Å². The molecule has 2 fully saturated rings. The Morgan fingerprint density at radius 2 is 2.27 bits per heavy atom. The minimum atomic E-state index is -0.377. The third-order valence-electron chi connectivity index (χ3n) is 4.41. The van der Waals surface area contributed by atoms with Gasteiger partial charge < -0.3 is 9.42 Å². The molecule has 1 saturated heterocycles. The van der Waals surface area contributed by atoms with Crippen LogP contribution in [0.2, 0.25) is 0 Å². The minimum Gasteiger partial charge on any atom is -0.339 e. The normalized spacial score (nSPS) is 23.0. The molecule has 0 radical (unpaired) electrons. The number of likely N-dealkylation sites (tertiary alicyclic amines) is 1. The summed E-state index contributed by atoms with van der Waals surface area (Å²) in [5.74, 6) is 1.81. The van der Waals surface area contributed by atoms with Crippen molar-refractivity contribution in [2.24, 2.45) is 0 Å². The topological polar surface area (TPSA) is 89.9 Å². The van der Waals surface area contributed by atoms with Crippen LogP contribution in [0.15, 0.2) is 17.2 Å². The molecule has 2 aromatic heterocycles. The number of carbonyl (C=O) groups is 1. The van der Waals surface area contributed by atoms with Gasteiger partial charge in [-0.1, -0.05) is 5.16 Å². The summed E-state index contributed by atoms with van der Waals surface area (Å²) in [7, 11) is 0. The summed E-state index contributed by atoms with van der Waals surface area (Å²) in [6.45, 7) is 2.55. The van der Waals surface area contributed by atoms with Crippen LogP contribution in [0.3, 0.4) is 0 Å². The van der Waals surface area contributed by atoms with Crippen LogP contribution in [0.4, 0.5) is 0 Å². The molecule has 8 heteroatoms. The Hall–Kier alpha value is -2.25.